The fraction of sp³-hybridized carbons (Fsp3) is 0.296. The number of carbonyl (C=O) groups excluding carboxylic acids is 2. The molecule has 0 saturated carbocycles. The van der Waals surface area contributed by atoms with Crippen LogP contribution >= 0.6 is 33.5 Å². The first kappa shape index (κ1) is 23.6. The molecular weight excluding hydrogens is 519 g/mol. The first-order valence-electron chi connectivity index (χ1n) is 11.6. The van der Waals surface area contributed by atoms with Gasteiger partial charge in [-0.25, -0.2) is 4.90 Å². The highest BCUT2D eigenvalue weighted by Crippen LogP contribution is 2.74. The van der Waals surface area contributed by atoms with Crippen molar-refractivity contribution in [3.8, 4) is 11.8 Å². The summed E-state index contributed by atoms with van der Waals surface area (Å²) in [6, 6.07) is 18.0. The summed E-state index contributed by atoms with van der Waals surface area (Å²) in [5.74, 6) is 0.880. The maximum absolute atomic E-state index is 14.0. The molecule has 3 aliphatic heterocycles. The maximum atomic E-state index is 14.0. The van der Waals surface area contributed by atoms with Crippen LogP contribution in [0.25, 0.3) is 10.8 Å². The first-order chi connectivity index (χ1) is 17.3. The zero-order valence-electron chi connectivity index (χ0n) is 19.4. The predicted molar refractivity (Wildman–Crippen MR) is 142 cm³/mol. The third-order valence-corrected chi connectivity index (χ3v) is 11.8. The number of halogens is 2. The monoisotopic (exact) mass is 540 g/mol. The average Bonchev–Trinajstić information content (AvgIpc) is 3.42. The van der Waals surface area contributed by atoms with Crippen LogP contribution in [0.1, 0.15) is 18.9 Å². The number of hydrogen-bond acceptors (Lipinski definition) is 5. The number of nitrogens with zero attached hydrogens (tertiary/aromatic N) is 2. The van der Waals surface area contributed by atoms with E-state index in [-0.39, 0.29) is 11.8 Å². The molecule has 3 heterocycles. The number of rotatable bonds is 5. The van der Waals surface area contributed by atoms with Gasteiger partial charge in [0.05, 0.1) is 35.4 Å². The fourth-order valence-electron chi connectivity index (χ4n) is 5.88. The highest BCUT2D eigenvalue weighted by Gasteiger charge is 2.72. The van der Waals surface area contributed by atoms with Crippen LogP contribution in [0.4, 0.5) is 5.69 Å². The highest BCUT2D eigenvalue weighted by atomic mass is 35.5. The summed E-state index contributed by atoms with van der Waals surface area (Å²) in [6.07, 6.45) is 0.730. The lowest BCUT2D eigenvalue weighted by molar-refractivity contribution is -0.125. The Balaban J connectivity index is 1.33. The quantitative estimate of drug-likeness (QED) is 0.378. The number of imide groups is 1. The summed E-state index contributed by atoms with van der Waals surface area (Å²) < 4.78 is 12.5. The first-order valence-corrected chi connectivity index (χ1v) is 14.3. The number of anilines is 1. The molecule has 36 heavy (non-hydrogen) atoms. The number of amides is 2. The summed E-state index contributed by atoms with van der Waals surface area (Å²) in [7, 11) is -1.90. The maximum Gasteiger partial charge on any atom is 0.248 e. The van der Waals surface area contributed by atoms with Gasteiger partial charge in [-0.3, -0.25) is 9.59 Å². The average molecular weight is 541 g/mol. The Hall–Kier alpha value is -2.76. The van der Waals surface area contributed by atoms with Gasteiger partial charge in [0.15, 0.2) is 0 Å². The summed E-state index contributed by atoms with van der Waals surface area (Å²) in [5, 5.41) is 11.4. The molecule has 6 rings (SSSR count). The van der Waals surface area contributed by atoms with E-state index in [9.17, 15) is 14.9 Å². The van der Waals surface area contributed by atoms with Crippen LogP contribution in [0.3, 0.4) is 0 Å². The third-order valence-electron chi connectivity index (χ3n) is 7.47. The van der Waals surface area contributed by atoms with Gasteiger partial charge in [0.25, 0.3) is 0 Å². The van der Waals surface area contributed by atoms with E-state index < -0.39 is 27.1 Å². The second-order valence-electron chi connectivity index (χ2n) is 9.58. The fourth-order valence-corrected chi connectivity index (χ4v) is 10.8. The summed E-state index contributed by atoms with van der Waals surface area (Å²) in [5.41, 5.74) is 0.351. The Morgan fingerprint density at radius 1 is 1.11 bits per heavy atom. The largest absolute Gasteiger partial charge is 0.493 e. The van der Waals surface area contributed by atoms with Crippen molar-refractivity contribution in [2.75, 3.05) is 23.0 Å². The molecule has 0 N–H and O–H groups in total. The van der Waals surface area contributed by atoms with Gasteiger partial charge in [-0.05, 0) is 43.7 Å². The minimum Gasteiger partial charge on any atom is -0.493 e. The molecule has 0 spiro atoms. The van der Waals surface area contributed by atoms with Crippen LogP contribution in [-0.2, 0) is 13.8 Å². The van der Waals surface area contributed by atoms with Crippen LogP contribution in [0.5, 0.6) is 5.75 Å². The van der Waals surface area contributed by atoms with Crippen LogP contribution < -0.4 is 9.64 Å². The number of ether oxygens (including phenoxy) is 1. The molecule has 3 aromatic rings. The van der Waals surface area contributed by atoms with Crippen molar-refractivity contribution < 1.29 is 18.5 Å². The van der Waals surface area contributed by atoms with Gasteiger partial charge in [0.1, 0.15) is 11.0 Å². The van der Waals surface area contributed by atoms with Crippen molar-refractivity contribution in [1.82, 2.24) is 0 Å². The standard InChI is InChI=1S/C27H22Cl2N2O4S/c1-27-8-10-36(35-27,11-9-34-19-13-17(28)12-18(29)14-19)24-23(27)25(32)31(26(24)33)22-7-6-16(15-30)20-4-2-3-5-21(20)22/h2-7,12-14,23-24H,8-11H2,1H3/t23-,24+,27-/m1/s1. The van der Waals surface area contributed by atoms with E-state index in [0.29, 0.717) is 44.8 Å². The molecule has 1 unspecified atom stereocenters. The molecule has 184 valence electrons. The molecule has 2 amide bonds. The number of benzene rings is 3. The van der Waals surface area contributed by atoms with Crippen molar-refractivity contribution in [2.45, 2.75) is 24.2 Å². The molecule has 3 saturated heterocycles. The van der Waals surface area contributed by atoms with E-state index in [1.54, 1.807) is 30.3 Å². The normalized spacial score (nSPS) is 30.3. The van der Waals surface area contributed by atoms with Gasteiger partial charge >= 0.3 is 0 Å². The van der Waals surface area contributed by atoms with Gasteiger partial charge in [-0.2, -0.15) is 5.26 Å². The van der Waals surface area contributed by atoms with Gasteiger partial charge in [0.2, 0.25) is 11.8 Å². The molecule has 0 aliphatic carbocycles. The smallest absolute Gasteiger partial charge is 0.248 e. The predicted octanol–water partition coefficient (Wildman–Crippen LogP) is 5.87. The lowest BCUT2D eigenvalue weighted by Gasteiger charge is -2.36. The summed E-state index contributed by atoms with van der Waals surface area (Å²) in [6.45, 7) is 2.28. The van der Waals surface area contributed by atoms with Gasteiger partial charge in [-0.15, -0.1) is 10.3 Å². The van der Waals surface area contributed by atoms with Crippen LogP contribution in [-0.4, -0.2) is 40.8 Å². The molecule has 3 aliphatic rings. The van der Waals surface area contributed by atoms with Crippen LogP contribution in [0, 0.1) is 17.2 Å². The minimum atomic E-state index is -1.90. The van der Waals surface area contributed by atoms with E-state index in [1.165, 1.54) is 4.90 Å². The summed E-state index contributed by atoms with van der Waals surface area (Å²) >= 11 is 12.2. The molecule has 3 fully saturated rings. The summed E-state index contributed by atoms with van der Waals surface area (Å²) in [4.78, 5) is 29.1. The van der Waals surface area contributed by atoms with Gasteiger partial charge in [-0.1, -0.05) is 47.5 Å². The molecule has 4 atom stereocenters. The van der Waals surface area contributed by atoms with E-state index >= 15 is 0 Å². The van der Waals surface area contributed by atoms with Crippen molar-refractivity contribution in [1.29, 1.82) is 5.26 Å². The van der Waals surface area contributed by atoms with Crippen molar-refractivity contribution in [3.63, 3.8) is 0 Å². The van der Waals surface area contributed by atoms with Gasteiger partial charge in [0, 0.05) is 32.3 Å². The Morgan fingerprint density at radius 2 is 1.83 bits per heavy atom. The molecule has 2 bridgehead atoms. The van der Waals surface area contributed by atoms with Crippen LogP contribution in [0.2, 0.25) is 10.0 Å². The lowest BCUT2D eigenvalue weighted by atomic mass is 9.85. The number of carbonyl (C=O) groups is 2. The van der Waals surface area contributed by atoms with Crippen molar-refractivity contribution in [3.05, 3.63) is 70.2 Å². The number of nitriles is 1. The Bertz CT molecular complexity index is 1470. The molecule has 6 nitrogen and oxygen atoms in total. The van der Waals surface area contributed by atoms with E-state index in [4.69, 9.17) is 32.1 Å². The van der Waals surface area contributed by atoms with E-state index in [1.807, 2.05) is 31.2 Å². The molecular formula is C27H22Cl2N2O4S. The van der Waals surface area contributed by atoms with Crippen LogP contribution in [0.15, 0.2) is 54.6 Å². The highest BCUT2D eigenvalue weighted by molar-refractivity contribution is 8.31. The SMILES string of the molecule is C[C@]12CCS(CCOc3cc(Cl)cc(Cl)c3)(O1)[C@@H]1C(=O)N(c3ccc(C#N)c4ccccc34)C(=O)[C@@H]12. The van der Waals surface area contributed by atoms with Gasteiger partial charge < -0.3 is 8.92 Å². The number of hydrogen-bond donors (Lipinski definition) is 0. The molecule has 9 heteroatoms. The Morgan fingerprint density at radius 3 is 2.56 bits per heavy atom. The minimum absolute atomic E-state index is 0.218. The van der Waals surface area contributed by atoms with E-state index in [0.717, 1.165) is 17.6 Å². The second kappa shape index (κ2) is 8.39. The molecule has 0 aromatic heterocycles. The van der Waals surface area contributed by atoms with Crippen molar-refractivity contribution in [2.24, 2.45) is 5.92 Å². The second-order valence-corrected chi connectivity index (χ2v) is 13.7. The van der Waals surface area contributed by atoms with E-state index in [2.05, 4.69) is 6.07 Å². The zero-order valence-corrected chi connectivity index (χ0v) is 21.7. The Labute approximate surface area is 220 Å². The molecule has 0 radical (unpaired) electrons. The third kappa shape index (κ3) is 3.43. The topological polar surface area (TPSA) is 79.6 Å². The number of fused-ring (bicyclic) bond motifs is 6. The van der Waals surface area contributed by atoms with Crippen molar-refractivity contribution >= 4 is 61.8 Å². The molecule has 3 aromatic carbocycles. The zero-order chi connectivity index (χ0) is 25.2. The Kier molecular flexibility index (Phi) is 5.51. The lowest BCUT2D eigenvalue weighted by Crippen LogP contribution is -2.41.